The first-order valence-electron chi connectivity index (χ1n) is 12.4. The lowest BCUT2D eigenvalue weighted by molar-refractivity contribution is -0.136. The van der Waals surface area contributed by atoms with Gasteiger partial charge in [0.25, 0.3) is 0 Å². The number of carbonyl (C=O) groups is 1. The lowest BCUT2D eigenvalue weighted by Gasteiger charge is -2.32. The van der Waals surface area contributed by atoms with E-state index in [0.29, 0.717) is 34.3 Å². The van der Waals surface area contributed by atoms with E-state index in [1.807, 2.05) is 13.1 Å². The average Bonchev–Trinajstić information content (AvgIpc) is 3.52. The van der Waals surface area contributed by atoms with Gasteiger partial charge >= 0.3 is 6.61 Å². The first kappa shape index (κ1) is 28.5. The van der Waals surface area contributed by atoms with Crippen LogP contribution in [-0.4, -0.2) is 59.3 Å². The first-order valence-corrected chi connectivity index (χ1v) is 13.1. The summed E-state index contributed by atoms with van der Waals surface area (Å²) in [5.41, 5.74) is 7.67. The molecule has 1 amide bonds. The summed E-state index contributed by atoms with van der Waals surface area (Å²) in [6, 6.07) is 10.1. The number of guanidine groups is 1. The lowest BCUT2D eigenvalue weighted by Crippen LogP contribution is -2.51. The van der Waals surface area contributed by atoms with Gasteiger partial charge in [-0.3, -0.25) is 10.1 Å². The summed E-state index contributed by atoms with van der Waals surface area (Å²) in [6.07, 6.45) is 4.22. The van der Waals surface area contributed by atoms with Gasteiger partial charge in [0.15, 0.2) is 6.19 Å². The Morgan fingerprint density at radius 1 is 1.31 bits per heavy atom. The summed E-state index contributed by atoms with van der Waals surface area (Å²) in [7, 11) is 0. The zero-order valence-electron chi connectivity index (χ0n) is 21.0. The number of ether oxygens (including phenoxy) is 1. The van der Waals surface area contributed by atoms with E-state index in [0.717, 1.165) is 12.8 Å². The van der Waals surface area contributed by atoms with Crippen LogP contribution in [-0.2, 0) is 4.79 Å². The van der Waals surface area contributed by atoms with E-state index in [1.54, 1.807) is 29.2 Å². The van der Waals surface area contributed by atoms with Gasteiger partial charge < -0.3 is 15.4 Å². The number of hydrazone groups is 1. The van der Waals surface area contributed by atoms with Crippen LogP contribution >= 0.6 is 23.2 Å². The van der Waals surface area contributed by atoms with E-state index >= 15 is 0 Å². The molecule has 0 spiro atoms. The van der Waals surface area contributed by atoms with Crippen LogP contribution in [0.15, 0.2) is 52.6 Å². The summed E-state index contributed by atoms with van der Waals surface area (Å²) in [6.45, 7) is -0.557. The average molecular weight is 578 g/mol. The first-order chi connectivity index (χ1) is 18.7. The van der Waals surface area contributed by atoms with E-state index in [-0.39, 0.29) is 41.8 Å². The van der Waals surface area contributed by atoms with Crippen LogP contribution in [0.3, 0.4) is 0 Å². The van der Waals surface area contributed by atoms with Crippen molar-refractivity contribution in [1.82, 2.24) is 15.2 Å². The molecule has 2 aromatic rings. The van der Waals surface area contributed by atoms with Crippen molar-refractivity contribution in [3.63, 3.8) is 0 Å². The maximum absolute atomic E-state index is 13.6. The second kappa shape index (κ2) is 12.6. The SMILES string of the molecule is CCN(C(=O)C1CCCC1N)C1CN(C(=Nc2cccc(OC(F)F)c2)NC#N)N=C1c1ccc(Cl)c(Cl)c1. The van der Waals surface area contributed by atoms with Gasteiger partial charge in [-0.05, 0) is 44.0 Å². The van der Waals surface area contributed by atoms with Crippen molar-refractivity contribution < 1.29 is 18.3 Å². The van der Waals surface area contributed by atoms with Gasteiger partial charge in [0.2, 0.25) is 11.9 Å². The molecule has 206 valence electrons. The second-order valence-electron chi connectivity index (χ2n) is 9.09. The number of likely N-dealkylation sites (N-methyl/N-ethyl adjacent to an activating group) is 1. The zero-order chi connectivity index (χ0) is 28.1. The molecule has 4 rings (SSSR count). The number of nitrogens with two attached hydrogens (primary N) is 1. The van der Waals surface area contributed by atoms with Gasteiger partial charge in [0, 0.05) is 24.2 Å². The minimum absolute atomic E-state index is 0.0350. The van der Waals surface area contributed by atoms with Gasteiger partial charge in [0.05, 0.1) is 39.9 Å². The fourth-order valence-electron chi connectivity index (χ4n) is 4.86. The maximum Gasteiger partial charge on any atom is 0.387 e. The molecule has 1 aliphatic carbocycles. The summed E-state index contributed by atoms with van der Waals surface area (Å²) in [5, 5.41) is 18.8. The number of nitrogens with one attached hydrogen (secondary N) is 1. The highest BCUT2D eigenvalue weighted by Gasteiger charge is 2.41. The van der Waals surface area contributed by atoms with Gasteiger partial charge in [0.1, 0.15) is 5.75 Å². The topological polar surface area (TPSA) is 119 Å². The molecule has 2 aliphatic rings. The smallest absolute Gasteiger partial charge is 0.387 e. The number of hydrogen-bond donors (Lipinski definition) is 2. The van der Waals surface area contributed by atoms with Crippen molar-refractivity contribution in [1.29, 1.82) is 5.26 Å². The second-order valence-corrected chi connectivity index (χ2v) is 9.90. The minimum Gasteiger partial charge on any atom is -0.435 e. The molecular weight excluding hydrogens is 551 g/mol. The van der Waals surface area contributed by atoms with Gasteiger partial charge in [-0.2, -0.15) is 19.1 Å². The molecule has 2 aromatic carbocycles. The van der Waals surface area contributed by atoms with Gasteiger partial charge in [-0.1, -0.05) is 41.8 Å². The summed E-state index contributed by atoms with van der Waals surface area (Å²) >= 11 is 12.4. The van der Waals surface area contributed by atoms with Crippen LogP contribution in [0.1, 0.15) is 31.7 Å². The quantitative estimate of drug-likeness (QED) is 0.213. The maximum atomic E-state index is 13.6. The van der Waals surface area contributed by atoms with Crippen LogP contribution in [0.4, 0.5) is 14.5 Å². The molecule has 1 heterocycles. The lowest BCUT2D eigenvalue weighted by atomic mass is 9.98. The largest absolute Gasteiger partial charge is 0.435 e. The normalized spacial score (nSPS) is 21.1. The number of benzene rings is 2. The Kier molecular flexibility index (Phi) is 9.22. The zero-order valence-corrected chi connectivity index (χ0v) is 22.5. The summed E-state index contributed by atoms with van der Waals surface area (Å²) < 4.78 is 29.8. The summed E-state index contributed by atoms with van der Waals surface area (Å²) in [4.78, 5) is 19.8. The minimum atomic E-state index is -3.00. The van der Waals surface area contributed by atoms with E-state index in [4.69, 9.17) is 34.0 Å². The van der Waals surface area contributed by atoms with Crippen molar-refractivity contribution >= 4 is 46.5 Å². The predicted molar refractivity (Wildman–Crippen MR) is 145 cm³/mol. The number of aliphatic imine (C=N–C) groups is 1. The van der Waals surface area contributed by atoms with Gasteiger partial charge in [-0.15, -0.1) is 0 Å². The molecule has 13 heteroatoms. The van der Waals surface area contributed by atoms with Crippen molar-refractivity contribution in [2.24, 2.45) is 21.7 Å². The standard InChI is InChI=1S/C26H27Cl2F2N7O2/c1-2-36(24(38)18-7-4-8-21(18)32)22-13-37(35-23(22)15-9-10-19(27)20(28)11-15)26(33-14-31)34-16-5-3-6-17(12-16)39-25(29)30/h3,5-6,9-12,18,21-22,25H,2,4,7-8,13,32H2,1H3,(H,33,34). The number of nitriles is 1. The Bertz CT molecular complexity index is 1320. The van der Waals surface area contributed by atoms with Crippen LogP contribution in [0.5, 0.6) is 5.75 Å². The number of amides is 1. The van der Waals surface area contributed by atoms with Crippen molar-refractivity contribution in [2.45, 2.75) is 44.9 Å². The third-order valence-corrected chi connectivity index (χ3v) is 7.42. The summed E-state index contributed by atoms with van der Waals surface area (Å²) in [5.74, 6) is -0.409. The Morgan fingerprint density at radius 3 is 2.74 bits per heavy atom. The van der Waals surface area contributed by atoms with Crippen molar-refractivity contribution in [3.05, 3.63) is 58.1 Å². The fraction of sp³-hybridized carbons (Fsp3) is 0.385. The molecule has 3 unspecified atom stereocenters. The molecule has 1 aliphatic heterocycles. The van der Waals surface area contributed by atoms with E-state index < -0.39 is 12.7 Å². The Balaban J connectivity index is 1.73. The Hall–Kier alpha value is -3.46. The molecule has 3 N–H and O–H groups in total. The van der Waals surface area contributed by atoms with E-state index in [9.17, 15) is 18.8 Å². The van der Waals surface area contributed by atoms with E-state index in [1.165, 1.54) is 23.2 Å². The number of carbonyl (C=O) groups excluding carboxylic acids is 1. The number of hydrogen-bond acceptors (Lipinski definition) is 6. The Morgan fingerprint density at radius 2 is 2.10 bits per heavy atom. The van der Waals surface area contributed by atoms with Crippen LogP contribution in [0.25, 0.3) is 0 Å². The third kappa shape index (κ3) is 6.58. The van der Waals surface area contributed by atoms with E-state index in [2.05, 4.69) is 15.0 Å². The highest BCUT2D eigenvalue weighted by Crippen LogP contribution is 2.31. The molecule has 0 radical (unpaired) electrons. The molecule has 0 bridgehead atoms. The number of alkyl halides is 2. The molecule has 39 heavy (non-hydrogen) atoms. The molecule has 3 atom stereocenters. The highest BCUT2D eigenvalue weighted by molar-refractivity contribution is 6.42. The molecule has 1 saturated carbocycles. The monoisotopic (exact) mass is 577 g/mol. The van der Waals surface area contributed by atoms with Gasteiger partial charge in [-0.25, -0.2) is 10.0 Å². The van der Waals surface area contributed by atoms with Crippen molar-refractivity contribution in [3.8, 4) is 11.9 Å². The molecule has 9 nitrogen and oxygen atoms in total. The number of nitrogens with zero attached hydrogens (tertiary/aromatic N) is 5. The molecule has 1 fully saturated rings. The number of rotatable bonds is 7. The molecular formula is C26H27Cl2F2N7O2. The third-order valence-electron chi connectivity index (χ3n) is 6.68. The predicted octanol–water partition coefficient (Wildman–Crippen LogP) is 4.72. The number of halogens is 4. The molecule has 0 aromatic heterocycles. The van der Waals surface area contributed by atoms with Crippen molar-refractivity contribution in [2.75, 3.05) is 13.1 Å². The Labute approximate surface area is 234 Å². The van der Waals surface area contributed by atoms with Crippen LogP contribution in [0.2, 0.25) is 10.0 Å². The van der Waals surface area contributed by atoms with Crippen LogP contribution in [0, 0.1) is 17.4 Å². The molecule has 0 saturated heterocycles. The fourth-order valence-corrected chi connectivity index (χ4v) is 5.16. The van der Waals surface area contributed by atoms with Crippen LogP contribution < -0.4 is 15.8 Å². The highest BCUT2D eigenvalue weighted by atomic mass is 35.5.